The van der Waals surface area contributed by atoms with Crippen LogP contribution >= 0.6 is 11.6 Å². The minimum atomic E-state index is -4.43. The molecule has 3 nitrogen and oxygen atoms in total. The first kappa shape index (κ1) is 17.9. The van der Waals surface area contributed by atoms with Gasteiger partial charge in [-0.1, -0.05) is 24.6 Å². The predicted molar refractivity (Wildman–Crippen MR) is 94.5 cm³/mol. The topological polar surface area (TPSA) is 50.9 Å². The normalized spacial score (nSPS) is 15.9. The van der Waals surface area contributed by atoms with Crippen molar-refractivity contribution >= 4 is 23.1 Å². The van der Waals surface area contributed by atoms with E-state index in [1.807, 2.05) is 0 Å². The highest BCUT2D eigenvalue weighted by Crippen LogP contribution is 2.40. The van der Waals surface area contributed by atoms with Gasteiger partial charge in [0.05, 0.1) is 11.3 Å². The second-order valence-corrected chi connectivity index (χ2v) is 6.72. The number of nitrogens with zero attached hydrogens (tertiary/aromatic N) is 1. The number of nitrogens with one attached hydrogen (secondary N) is 1. The van der Waals surface area contributed by atoms with Crippen molar-refractivity contribution in [2.45, 2.75) is 38.4 Å². The summed E-state index contributed by atoms with van der Waals surface area (Å²) in [5.41, 5.74) is 6.86. The third-order valence-corrected chi connectivity index (χ3v) is 4.84. The number of alkyl halides is 3. The van der Waals surface area contributed by atoms with E-state index < -0.39 is 11.7 Å². The maximum absolute atomic E-state index is 12.8. The molecule has 1 atom stereocenters. The highest BCUT2D eigenvalue weighted by molar-refractivity contribution is 6.33. The number of anilines is 2. The van der Waals surface area contributed by atoms with Crippen LogP contribution in [0.25, 0.3) is 11.1 Å². The minimum absolute atomic E-state index is 0.00732. The Morgan fingerprint density at radius 1 is 1.28 bits per heavy atom. The molecule has 3 rings (SSSR count). The molecular formula is C18H19ClF3N3. The van der Waals surface area contributed by atoms with E-state index in [1.165, 1.54) is 18.9 Å². The second-order valence-electron chi connectivity index (χ2n) is 6.31. The number of rotatable bonds is 5. The van der Waals surface area contributed by atoms with Gasteiger partial charge in [0.1, 0.15) is 5.82 Å². The van der Waals surface area contributed by atoms with Crippen LogP contribution in [0.5, 0.6) is 0 Å². The number of aromatic nitrogens is 1. The zero-order valence-electron chi connectivity index (χ0n) is 13.7. The van der Waals surface area contributed by atoms with E-state index in [9.17, 15) is 13.2 Å². The van der Waals surface area contributed by atoms with E-state index in [1.54, 1.807) is 12.3 Å². The summed E-state index contributed by atoms with van der Waals surface area (Å²) < 4.78 is 38.4. The van der Waals surface area contributed by atoms with Crippen molar-refractivity contribution in [3.8, 4) is 11.1 Å². The van der Waals surface area contributed by atoms with E-state index in [0.29, 0.717) is 34.6 Å². The Labute approximate surface area is 149 Å². The first-order valence-electron chi connectivity index (χ1n) is 8.19. The van der Waals surface area contributed by atoms with Crippen molar-refractivity contribution in [2.24, 2.45) is 5.92 Å². The number of halogens is 4. The molecule has 0 saturated heterocycles. The predicted octanol–water partition coefficient (Wildman–Crippen LogP) is 5.60. The molecular weight excluding hydrogens is 351 g/mol. The summed E-state index contributed by atoms with van der Waals surface area (Å²) in [6.07, 6.45) is 0.488. The zero-order valence-corrected chi connectivity index (χ0v) is 14.5. The quantitative estimate of drug-likeness (QED) is 0.720. The highest BCUT2D eigenvalue weighted by Gasteiger charge is 2.32. The van der Waals surface area contributed by atoms with Crippen molar-refractivity contribution in [3.63, 3.8) is 0 Å². The number of hydrogen-bond donors (Lipinski definition) is 2. The molecule has 1 aliphatic rings. The van der Waals surface area contributed by atoms with Gasteiger partial charge in [-0.3, -0.25) is 0 Å². The number of benzene rings is 1. The Hall–Kier alpha value is -1.95. The van der Waals surface area contributed by atoms with E-state index in [0.717, 1.165) is 18.6 Å². The number of hydrogen-bond acceptors (Lipinski definition) is 3. The van der Waals surface area contributed by atoms with Crippen LogP contribution in [0.2, 0.25) is 5.02 Å². The third-order valence-electron chi connectivity index (χ3n) is 4.53. The van der Waals surface area contributed by atoms with Crippen molar-refractivity contribution in [2.75, 3.05) is 11.1 Å². The smallest absolute Gasteiger partial charge is 0.395 e. The molecule has 0 radical (unpaired) electrons. The van der Waals surface area contributed by atoms with Gasteiger partial charge in [-0.2, -0.15) is 13.2 Å². The van der Waals surface area contributed by atoms with Crippen LogP contribution in [0.4, 0.5) is 24.7 Å². The summed E-state index contributed by atoms with van der Waals surface area (Å²) in [6, 6.07) is 5.23. The van der Waals surface area contributed by atoms with Crippen LogP contribution in [0.3, 0.4) is 0 Å². The molecule has 7 heteroatoms. The molecule has 0 spiro atoms. The summed E-state index contributed by atoms with van der Waals surface area (Å²) in [5, 5.41) is 3.37. The number of nitrogen functional groups attached to an aromatic ring is 1. The van der Waals surface area contributed by atoms with Gasteiger partial charge in [-0.15, -0.1) is 0 Å². The number of nitrogens with two attached hydrogens (primary N) is 1. The van der Waals surface area contributed by atoms with E-state index in [2.05, 4.69) is 17.2 Å². The van der Waals surface area contributed by atoms with E-state index in [4.69, 9.17) is 17.3 Å². The minimum Gasteiger partial charge on any atom is -0.395 e. The van der Waals surface area contributed by atoms with Crippen LogP contribution < -0.4 is 11.1 Å². The lowest BCUT2D eigenvalue weighted by Crippen LogP contribution is -2.22. The zero-order chi connectivity index (χ0) is 18.2. The van der Waals surface area contributed by atoms with Gasteiger partial charge in [-0.25, -0.2) is 4.98 Å². The Balaban J connectivity index is 1.94. The molecule has 1 saturated carbocycles. The fourth-order valence-corrected chi connectivity index (χ4v) is 3.24. The van der Waals surface area contributed by atoms with Gasteiger partial charge in [0.15, 0.2) is 0 Å². The van der Waals surface area contributed by atoms with Gasteiger partial charge in [0, 0.05) is 28.4 Å². The lowest BCUT2D eigenvalue weighted by molar-refractivity contribution is -0.137. The Bertz CT molecular complexity index is 773. The fraction of sp³-hybridized carbons (Fsp3) is 0.389. The molecule has 0 aliphatic heterocycles. The first-order chi connectivity index (χ1) is 11.8. The molecule has 1 unspecified atom stereocenters. The summed E-state index contributed by atoms with van der Waals surface area (Å²) in [6.45, 7) is 2.10. The second kappa shape index (κ2) is 6.75. The number of pyridine rings is 1. The molecule has 1 aromatic heterocycles. The molecule has 3 N–H and O–H groups in total. The monoisotopic (exact) mass is 369 g/mol. The van der Waals surface area contributed by atoms with Crippen LogP contribution in [0, 0.1) is 5.92 Å². The first-order valence-corrected chi connectivity index (χ1v) is 8.57. The van der Waals surface area contributed by atoms with Crippen LogP contribution in [0.15, 0.2) is 30.5 Å². The lowest BCUT2D eigenvalue weighted by Gasteiger charge is -2.20. The van der Waals surface area contributed by atoms with Crippen molar-refractivity contribution < 1.29 is 13.2 Å². The lowest BCUT2D eigenvalue weighted by atomic mass is 10.0. The molecule has 1 aromatic carbocycles. The van der Waals surface area contributed by atoms with Crippen LogP contribution in [0.1, 0.15) is 31.7 Å². The van der Waals surface area contributed by atoms with Gasteiger partial charge < -0.3 is 11.1 Å². The largest absolute Gasteiger partial charge is 0.416 e. The van der Waals surface area contributed by atoms with Gasteiger partial charge in [0.2, 0.25) is 0 Å². The highest BCUT2D eigenvalue weighted by atomic mass is 35.5. The average molecular weight is 370 g/mol. The fourth-order valence-electron chi connectivity index (χ4n) is 2.96. The SMILES string of the molecule is CCC(Nc1nccc(-c2ccc(C(F)(F)F)cc2Cl)c1N)C1CC1. The maximum atomic E-state index is 12.8. The third kappa shape index (κ3) is 3.84. The average Bonchev–Trinajstić information content (AvgIpc) is 3.38. The molecule has 0 bridgehead atoms. The molecule has 25 heavy (non-hydrogen) atoms. The Morgan fingerprint density at radius 2 is 2.00 bits per heavy atom. The Morgan fingerprint density at radius 3 is 2.56 bits per heavy atom. The molecule has 1 aliphatic carbocycles. The van der Waals surface area contributed by atoms with Crippen molar-refractivity contribution in [1.82, 2.24) is 4.98 Å². The van der Waals surface area contributed by atoms with Crippen molar-refractivity contribution in [1.29, 1.82) is 0 Å². The van der Waals surface area contributed by atoms with E-state index in [-0.39, 0.29) is 5.02 Å². The van der Waals surface area contributed by atoms with Gasteiger partial charge in [0.25, 0.3) is 0 Å². The maximum Gasteiger partial charge on any atom is 0.416 e. The van der Waals surface area contributed by atoms with Crippen LogP contribution in [-0.4, -0.2) is 11.0 Å². The Kier molecular flexibility index (Phi) is 4.82. The van der Waals surface area contributed by atoms with E-state index >= 15 is 0 Å². The summed E-state index contributed by atoms with van der Waals surface area (Å²) in [4.78, 5) is 4.29. The molecule has 134 valence electrons. The molecule has 0 amide bonds. The van der Waals surface area contributed by atoms with Crippen LogP contribution in [-0.2, 0) is 6.18 Å². The summed E-state index contributed by atoms with van der Waals surface area (Å²) in [5.74, 6) is 1.18. The summed E-state index contributed by atoms with van der Waals surface area (Å²) >= 11 is 6.09. The standard InChI is InChI=1S/C18H19ClF3N3/c1-2-15(10-3-4-10)25-17-16(23)13(7-8-24-17)12-6-5-11(9-14(12)19)18(20,21)22/h5-10,15H,2-4,23H2,1H3,(H,24,25). The summed E-state index contributed by atoms with van der Waals surface area (Å²) in [7, 11) is 0. The molecule has 1 heterocycles. The molecule has 1 fully saturated rings. The van der Waals surface area contributed by atoms with Gasteiger partial charge >= 0.3 is 6.18 Å². The van der Waals surface area contributed by atoms with Gasteiger partial charge in [-0.05, 0) is 43.4 Å². The molecule has 2 aromatic rings. The van der Waals surface area contributed by atoms with Crippen molar-refractivity contribution in [3.05, 3.63) is 41.0 Å².